The summed E-state index contributed by atoms with van der Waals surface area (Å²) in [6.45, 7) is 0. The summed E-state index contributed by atoms with van der Waals surface area (Å²) in [6.07, 6.45) is 8.82. The van der Waals surface area contributed by atoms with Gasteiger partial charge in [0.1, 0.15) is 6.04 Å². The van der Waals surface area contributed by atoms with Crippen LogP contribution in [0.2, 0.25) is 0 Å². The molecule has 0 aromatic rings. The van der Waals surface area contributed by atoms with Crippen LogP contribution in [0.3, 0.4) is 0 Å². The molecule has 1 aliphatic heterocycles. The van der Waals surface area contributed by atoms with Crippen LogP contribution in [0.4, 0.5) is 0 Å². The third kappa shape index (κ3) is 1.35. The zero-order valence-electron chi connectivity index (χ0n) is 8.95. The zero-order chi connectivity index (χ0) is 11.1. The molecule has 0 amide bonds. The highest BCUT2D eigenvalue weighted by Gasteiger charge is 2.32. The van der Waals surface area contributed by atoms with E-state index in [-0.39, 0.29) is 17.6 Å². The molecular weight excluding hydrogens is 202 g/mol. The van der Waals surface area contributed by atoms with Gasteiger partial charge in [-0.25, -0.2) is 0 Å². The molecule has 16 heavy (non-hydrogen) atoms. The van der Waals surface area contributed by atoms with Crippen LogP contribution in [-0.2, 0) is 9.59 Å². The molecule has 0 bridgehead atoms. The molecule has 0 spiro atoms. The summed E-state index contributed by atoms with van der Waals surface area (Å²) in [5.74, 6) is 0.303. The number of fused-ring (bicyclic) bond motifs is 1. The van der Waals surface area contributed by atoms with Crippen molar-refractivity contribution in [1.29, 1.82) is 0 Å². The Hall–Kier alpha value is -1.64. The van der Waals surface area contributed by atoms with Gasteiger partial charge in [-0.2, -0.15) is 0 Å². The molecule has 1 fully saturated rings. The van der Waals surface area contributed by atoms with Crippen molar-refractivity contribution < 1.29 is 9.59 Å². The largest absolute Gasteiger partial charge is 0.369 e. The van der Waals surface area contributed by atoms with Gasteiger partial charge in [0.15, 0.2) is 11.6 Å². The third-order valence-electron chi connectivity index (χ3n) is 3.38. The maximum absolute atomic E-state index is 11.8. The Kier molecular flexibility index (Phi) is 2.06. The second kappa shape index (κ2) is 3.44. The summed E-state index contributed by atoms with van der Waals surface area (Å²) in [5, 5.41) is 3.12. The minimum atomic E-state index is -0.233. The van der Waals surface area contributed by atoms with Crippen molar-refractivity contribution in [3.8, 4) is 0 Å². The molecule has 1 heterocycles. The van der Waals surface area contributed by atoms with Crippen LogP contribution in [0.15, 0.2) is 35.1 Å². The Bertz CT molecular complexity index is 468. The molecule has 0 aromatic carbocycles. The minimum Gasteiger partial charge on any atom is -0.369 e. The SMILES string of the molecule is O=C1CC=CC2=C1NC1C(=O)CCCC1=C2. The first-order valence-electron chi connectivity index (χ1n) is 5.69. The van der Waals surface area contributed by atoms with Crippen molar-refractivity contribution in [2.75, 3.05) is 0 Å². The van der Waals surface area contributed by atoms with Gasteiger partial charge in [0.2, 0.25) is 0 Å². The fraction of sp³-hybridized carbons (Fsp3) is 0.385. The summed E-state index contributed by atoms with van der Waals surface area (Å²) in [5.41, 5.74) is 2.71. The number of carbonyl (C=O) groups excluding carboxylic acids is 2. The number of ketones is 2. The van der Waals surface area contributed by atoms with Gasteiger partial charge < -0.3 is 5.32 Å². The Balaban J connectivity index is 2.03. The van der Waals surface area contributed by atoms with Crippen LogP contribution in [-0.4, -0.2) is 17.6 Å². The van der Waals surface area contributed by atoms with Gasteiger partial charge in [-0.3, -0.25) is 9.59 Å². The van der Waals surface area contributed by atoms with Crippen LogP contribution >= 0.6 is 0 Å². The summed E-state index contributed by atoms with van der Waals surface area (Å²) in [7, 11) is 0. The highest BCUT2D eigenvalue weighted by Crippen LogP contribution is 2.30. The van der Waals surface area contributed by atoms with Crippen molar-refractivity contribution in [3.63, 3.8) is 0 Å². The highest BCUT2D eigenvalue weighted by atomic mass is 16.1. The van der Waals surface area contributed by atoms with E-state index >= 15 is 0 Å². The van der Waals surface area contributed by atoms with Gasteiger partial charge in [0, 0.05) is 18.4 Å². The number of hydrogen-bond donors (Lipinski definition) is 1. The average molecular weight is 215 g/mol. The van der Waals surface area contributed by atoms with E-state index in [1.807, 2.05) is 18.2 Å². The van der Waals surface area contributed by atoms with E-state index in [9.17, 15) is 9.59 Å². The first kappa shape index (κ1) is 9.58. The summed E-state index contributed by atoms with van der Waals surface area (Å²) in [4.78, 5) is 23.5. The van der Waals surface area contributed by atoms with Crippen molar-refractivity contribution in [2.45, 2.75) is 31.7 Å². The second-order valence-corrected chi connectivity index (χ2v) is 4.48. The molecule has 3 nitrogen and oxygen atoms in total. The number of dihydropyridines is 1. The Morgan fingerprint density at radius 3 is 3.00 bits per heavy atom. The van der Waals surface area contributed by atoms with Gasteiger partial charge in [0.05, 0.1) is 5.70 Å². The topological polar surface area (TPSA) is 46.2 Å². The first-order chi connectivity index (χ1) is 7.75. The van der Waals surface area contributed by atoms with Crippen molar-refractivity contribution in [1.82, 2.24) is 5.32 Å². The molecule has 82 valence electrons. The van der Waals surface area contributed by atoms with Gasteiger partial charge in [0.25, 0.3) is 0 Å². The molecule has 1 N–H and O–H groups in total. The lowest BCUT2D eigenvalue weighted by molar-refractivity contribution is -0.121. The van der Waals surface area contributed by atoms with Crippen molar-refractivity contribution in [2.24, 2.45) is 0 Å². The van der Waals surface area contributed by atoms with E-state index in [0.29, 0.717) is 18.5 Å². The number of Topliss-reactive ketones (excluding diaryl/α,β-unsaturated/α-hetero) is 2. The lowest BCUT2D eigenvalue weighted by Gasteiger charge is -2.32. The molecule has 3 rings (SSSR count). The molecule has 0 aromatic heterocycles. The molecule has 1 unspecified atom stereocenters. The fourth-order valence-electron chi connectivity index (χ4n) is 2.56. The number of hydrogen-bond acceptors (Lipinski definition) is 3. The molecule has 1 saturated carbocycles. The van der Waals surface area contributed by atoms with Gasteiger partial charge in [-0.15, -0.1) is 0 Å². The van der Waals surface area contributed by atoms with E-state index < -0.39 is 0 Å². The highest BCUT2D eigenvalue weighted by molar-refractivity contribution is 6.01. The van der Waals surface area contributed by atoms with Crippen molar-refractivity contribution >= 4 is 11.6 Å². The van der Waals surface area contributed by atoms with E-state index in [1.165, 1.54) is 0 Å². The van der Waals surface area contributed by atoms with E-state index in [1.54, 1.807) is 0 Å². The molecule has 0 saturated heterocycles. The predicted octanol–water partition coefficient (Wildman–Crippen LogP) is 1.42. The maximum Gasteiger partial charge on any atom is 0.183 e. The summed E-state index contributed by atoms with van der Waals surface area (Å²) >= 11 is 0. The van der Waals surface area contributed by atoms with Crippen LogP contribution in [0.1, 0.15) is 25.7 Å². The molecule has 2 aliphatic carbocycles. The Morgan fingerprint density at radius 2 is 2.12 bits per heavy atom. The average Bonchev–Trinajstić information content (AvgIpc) is 2.28. The quantitative estimate of drug-likeness (QED) is 0.664. The number of nitrogens with one attached hydrogen (secondary N) is 1. The van der Waals surface area contributed by atoms with Gasteiger partial charge in [-0.05, 0) is 18.4 Å². The number of carbonyl (C=O) groups is 2. The second-order valence-electron chi connectivity index (χ2n) is 4.48. The van der Waals surface area contributed by atoms with Crippen LogP contribution in [0.25, 0.3) is 0 Å². The lowest BCUT2D eigenvalue weighted by atomic mass is 9.83. The Morgan fingerprint density at radius 1 is 1.25 bits per heavy atom. The smallest absolute Gasteiger partial charge is 0.183 e. The van der Waals surface area contributed by atoms with E-state index in [0.717, 1.165) is 24.0 Å². The molecule has 3 heteroatoms. The summed E-state index contributed by atoms with van der Waals surface area (Å²) in [6, 6.07) is -0.233. The molecule has 3 aliphatic rings. The van der Waals surface area contributed by atoms with E-state index in [2.05, 4.69) is 5.32 Å². The molecular formula is C13H13NO2. The zero-order valence-corrected chi connectivity index (χ0v) is 8.95. The van der Waals surface area contributed by atoms with Crippen LogP contribution in [0.5, 0.6) is 0 Å². The normalized spacial score (nSPS) is 28.2. The third-order valence-corrected chi connectivity index (χ3v) is 3.38. The minimum absolute atomic E-state index is 0.0890. The molecule has 0 radical (unpaired) electrons. The lowest BCUT2D eigenvalue weighted by Crippen LogP contribution is -2.44. The van der Waals surface area contributed by atoms with Crippen LogP contribution < -0.4 is 5.32 Å². The molecule has 1 atom stereocenters. The Labute approximate surface area is 93.9 Å². The number of allylic oxidation sites excluding steroid dienone is 5. The van der Waals surface area contributed by atoms with Gasteiger partial charge >= 0.3 is 0 Å². The summed E-state index contributed by atoms with van der Waals surface area (Å²) < 4.78 is 0. The van der Waals surface area contributed by atoms with E-state index in [4.69, 9.17) is 0 Å². The standard InChI is InChI=1S/C13H13NO2/c15-10-5-1-3-8-7-9-4-2-6-11(16)13(9)14-12(8)10/h1,3,7,13-14H,2,4-6H2. The maximum atomic E-state index is 11.8. The fourth-order valence-corrected chi connectivity index (χ4v) is 2.56. The first-order valence-corrected chi connectivity index (χ1v) is 5.69. The van der Waals surface area contributed by atoms with Crippen LogP contribution in [0, 0.1) is 0 Å². The monoisotopic (exact) mass is 215 g/mol. The predicted molar refractivity (Wildman–Crippen MR) is 59.7 cm³/mol. The van der Waals surface area contributed by atoms with Crippen molar-refractivity contribution in [3.05, 3.63) is 35.1 Å². The van der Waals surface area contributed by atoms with Gasteiger partial charge in [-0.1, -0.05) is 18.2 Å². The number of rotatable bonds is 0.